The Morgan fingerprint density at radius 3 is 2.50 bits per heavy atom. The number of hydrogen-bond donors (Lipinski definition) is 2. The summed E-state index contributed by atoms with van der Waals surface area (Å²) in [5.41, 5.74) is 3.05. The molecule has 0 radical (unpaired) electrons. The van der Waals surface area contributed by atoms with Crippen molar-refractivity contribution in [2.75, 3.05) is 17.2 Å². The quantitative estimate of drug-likeness (QED) is 0.675. The lowest BCUT2D eigenvalue weighted by molar-refractivity contribution is 1.05. The predicted octanol–water partition coefficient (Wildman–Crippen LogP) is 4.84. The third-order valence-electron chi connectivity index (χ3n) is 3.49. The minimum Gasteiger partial charge on any atom is -0.366 e. The molecule has 0 fully saturated rings. The molecule has 2 N–H and O–H groups in total. The Labute approximate surface area is 146 Å². The average Bonchev–Trinajstić information content (AvgIpc) is 2.61. The Hall–Kier alpha value is -2.59. The SMILES string of the molecule is CCNc1nc(NCc2cccc(Cl)c2)cc(-c2ccccc2)n1. The zero-order chi connectivity index (χ0) is 16.8. The van der Waals surface area contributed by atoms with Crippen LogP contribution in [-0.2, 0) is 6.54 Å². The molecule has 3 aromatic rings. The molecule has 1 heterocycles. The van der Waals surface area contributed by atoms with Crippen molar-refractivity contribution < 1.29 is 0 Å². The molecule has 0 saturated carbocycles. The zero-order valence-corrected chi connectivity index (χ0v) is 14.2. The standard InChI is InChI=1S/C19H19ClN4/c1-2-21-19-23-17(15-8-4-3-5-9-15)12-18(24-19)22-13-14-7-6-10-16(20)11-14/h3-12H,2,13H2,1H3,(H2,21,22,23,24). The second kappa shape index (κ2) is 7.79. The van der Waals surface area contributed by atoms with E-state index < -0.39 is 0 Å². The van der Waals surface area contributed by atoms with Gasteiger partial charge < -0.3 is 10.6 Å². The third kappa shape index (κ3) is 4.24. The van der Waals surface area contributed by atoms with Gasteiger partial charge in [-0.3, -0.25) is 0 Å². The topological polar surface area (TPSA) is 49.8 Å². The van der Waals surface area contributed by atoms with Crippen molar-refractivity contribution in [3.05, 3.63) is 71.2 Å². The summed E-state index contributed by atoms with van der Waals surface area (Å²) in [4.78, 5) is 9.10. The molecule has 5 heteroatoms. The molecule has 0 unspecified atom stereocenters. The summed E-state index contributed by atoms with van der Waals surface area (Å²) >= 11 is 6.03. The first-order valence-electron chi connectivity index (χ1n) is 7.91. The van der Waals surface area contributed by atoms with Crippen LogP contribution in [0.1, 0.15) is 12.5 Å². The molecule has 122 valence electrons. The van der Waals surface area contributed by atoms with Gasteiger partial charge in [-0.05, 0) is 24.6 Å². The van der Waals surface area contributed by atoms with Gasteiger partial charge in [-0.2, -0.15) is 4.98 Å². The van der Waals surface area contributed by atoms with E-state index in [2.05, 4.69) is 20.6 Å². The van der Waals surface area contributed by atoms with E-state index in [0.717, 1.165) is 34.2 Å². The summed E-state index contributed by atoms with van der Waals surface area (Å²) in [5.74, 6) is 1.40. The molecule has 1 aromatic heterocycles. The fourth-order valence-electron chi connectivity index (χ4n) is 2.37. The van der Waals surface area contributed by atoms with Crippen molar-refractivity contribution in [2.24, 2.45) is 0 Å². The Morgan fingerprint density at radius 2 is 1.75 bits per heavy atom. The van der Waals surface area contributed by atoms with Crippen LogP contribution in [0.2, 0.25) is 5.02 Å². The van der Waals surface area contributed by atoms with Crippen molar-refractivity contribution in [3.63, 3.8) is 0 Å². The van der Waals surface area contributed by atoms with E-state index in [4.69, 9.17) is 11.6 Å². The van der Waals surface area contributed by atoms with Crippen LogP contribution in [0.15, 0.2) is 60.7 Å². The number of rotatable bonds is 6. The second-order valence-electron chi connectivity index (χ2n) is 5.34. The molecule has 0 aliphatic carbocycles. The van der Waals surface area contributed by atoms with E-state index in [1.807, 2.05) is 67.6 Å². The van der Waals surface area contributed by atoms with E-state index in [-0.39, 0.29) is 0 Å². The largest absolute Gasteiger partial charge is 0.366 e. The molecule has 24 heavy (non-hydrogen) atoms. The summed E-state index contributed by atoms with van der Waals surface area (Å²) in [7, 11) is 0. The summed E-state index contributed by atoms with van der Waals surface area (Å²) in [5, 5.41) is 7.26. The normalized spacial score (nSPS) is 10.4. The number of nitrogens with one attached hydrogen (secondary N) is 2. The Kier molecular flexibility index (Phi) is 5.29. The maximum absolute atomic E-state index is 6.03. The van der Waals surface area contributed by atoms with Gasteiger partial charge in [0.1, 0.15) is 5.82 Å². The van der Waals surface area contributed by atoms with E-state index in [9.17, 15) is 0 Å². The molecule has 4 nitrogen and oxygen atoms in total. The average molecular weight is 339 g/mol. The first-order chi connectivity index (χ1) is 11.7. The van der Waals surface area contributed by atoms with Crippen LogP contribution in [0.5, 0.6) is 0 Å². The highest BCUT2D eigenvalue weighted by atomic mass is 35.5. The summed E-state index contributed by atoms with van der Waals surface area (Å²) in [6.45, 7) is 3.45. The number of aromatic nitrogens is 2. The van der Waals surface area contributed by atoms with Gasteiger partial charge in [-0.25, -0.2) is 4.98 Å². The highest BCUT2D eigenvalue weighted by Gasteiger charge is 2.06. The summed E-state index contributed by atoms with van der Waals surface area (Å²) in [6.07, 6.45) is 0. The van der Waals surface area contributed by atoms with Gasteiger partial charge in [-0.1, -0.05) is 54.1 Å². The highest BCUT2D eigenvalue weighted by Crippen LogP contribution is 2.22. The van der Waals surface area contributed by atoms with Gasteiger partial charge in [0.15, 0.2) is 0 Å². The van der Waals surface area contributed by atoms with Crippen molar-refractivity contribution >= 4 is 23.4 Å². The fourth-order valence-corrected chi connectivity index (χ4v) is 2.58. The van der Waals surface area contributed by atoms with E-state index in [0.29, 0.717) is 12.5 Å². The predicted molar refractivity (Wildman–Crippen MR) is 100 cm³/mol. The van der Waals surface area contributed by atoms with E-state index >= 15 is 0 Å². The van der Waals surface area contributed by atoms with E-state index in [1.165, 1.54) is 0 Å². The first-order valence-corrected chi connectivity index (χ1v) is 8.29. The van der Waals surface area contributed by atoms with Crippen LogP contribution in [0.25, 0.3) is 11.3 Å². The lowest BCUT2D eigenvalue weighted by atomic mass is 10.1. The molecular formula is C19H19ClN4. The van der Waals surface area contributed by atoms with Crippen LogP contribution < -0.4 is 10.6 Å². The van der Waals surface area contributed by atoms with Gasteiger partial charge in [0, 0.05) is 29.7 Å². The highest BCUT2D eigenvalue weighted by molar-refractivity contribution is 6.30. The molecule has 0 spiro atoms. The Bertz CT molecular complexity index is 805. The van der Waals surface area contributed by atoms with Crippen LogP contribution in [0, 0.1) is 0 Å². The summed E-state index contributed by atoms with van der Waals surface area (Å²) in [6, 6.07) is 19.8. The van der Waals surface area contributed by atoms with Crippen LogP contribution in [-0.4, -0.2) is 16.5 Å². The zero-order valence-electron chi connectivity index (χ0n) is 13.5. The van der Waals surface area contributed by atoms with Crippen LogP contribution in [0.4, 0.5) is 11.8 Å². The number of nitrogens with zero attached hydrogens (tertiary/aromatic N) is 2. The molecule has 0 atom stereocenters. The van der Waals surface area contributed by atoms with Crippen LogP contribution >= 0.6 is 11.6 Å². The van der Waals surface area contributed by atoms with Crippen LogP contribution in [0.3, 0.4) is 0 Å². The Balaban J connectivity index is 1.85. The second-order valence-corrected chi connectivity index (χ2v) is 5.78. The van der Waals surface area contributed by atoms with E-state index in [1.54, 1.807) is 0 Å². The molecule has 2 aromatic carbocycles. The first kappa shape index (κ1) is 16.3. The van der Waals surface area contributed by atoms with Crippen molar-refractivity contribution in [3.8, 4) is 11.3 Å². The molecule has 3 rings (SSSR count). The van der Waals surface area contributed by atoms with Gasteiger partial charge in [0.25, 0.3) is 0 Å². The van der Waals surface area contributed by atoms with Crippen molar-refractivity contribution in [1.82, 2.24) is 9.97 Å². The minimum absolute atomic E-state index is 0.618. The molecule has 0 amide bonds. The number of benzene rings is 2. The monoisotopic (exact) mass is 338 g/mol. The smallest absolute Gasteiger partial charge is 0.225 e. The lowest BCUT2D eigenvalue weighted by Gasteiger charge is -2.11. The molecular weight excluding hydrogens is 320 g/mol. The number of hydrogen-bond acceptors (Lipinski definition) is 4. The molecule has 0 saturated heterocycles. The fraction of sp³-hybridized carbons (Fsp3) is 0.158. The number of anilines is 2. The molecule has 0 aliphatic rings. The third-order valence-corrected chi connectivity index (χ3v) is 3.73. The van der Waals surface area contributed by atoms with Crippen molar-refractivity contribution in [2.45, 2.75) is 13.5 Å². The Morgan fingerprint density at radius 1 is 0.917 bits per heavy atom. The molecule has 0 bridgehead atoms. The molecule has 0 aliphatic heterocycles. The van der Waals surface area contributed by atoms with Crippen molar-refractivity contribution in [1.29, 1.82) is 0 Å². The van der Waals surface area contributed by atoms with Gasteiger partial charge in [0.05, 0.1) is 5.69 Å². The maximum atomic E-state index is 6.03. The van der Waals surface area contributed by atoms with Gasteiger partial charge in [0.2, 0.25) is 5.95 Å². The maximum Gasteiger partial charge on any atom is 0.225 e. The summed E-state index contributed by atoms with van der Waals surface area (Å²) < 4.78 is 0. The van der Waals surface area contributed by atoms with Gasteiger partial charge >= 0.3 is 0 Å². The minimum atomic E-state index is 0.618. The van der Waals surface area contributed by atoms with Gasteiger partial charge in [-0.15, -0.1) is 0 Å². The lowest BCUT2D eigenvalue weighted by Crippen LogP contribution is -2.07. The number of halogens is 1.